The molecule has 0 aliphatic heterocycles. The van der Waals surface area contributed by atoms with Crippen LogP contribution in [0.5, 0.6) is 0 Å². The molecule has 30 heavy (non-hydrogen) atoms. The molecule has 6 nitrogen and oxygen atoms in total. The van der Waals surface area contributed by atoms with Gasteiger partial charge in [-0.3, -0.25) is 19.4 Å². The van der Waals surface area contributed by atoms with Gasteiger partial charge in [-0.05, 0) is 24.3 Å². The zero-order valence-electron chi connectivity index (χ0n) is 16.1. The van der Waals surface area contributed by atoms with Gasteiger partial charge in [0.1, 0.15) is 6.54 Å². The number of hydrogen-bond donors (Lipinski definition) is 1. The van der Waals surface area contributed by atoms with Gasteiger partial charge in [0.15, 0.2) is 11.8 Å². The number of para-hydroxylation sites is 2. The maximum atomic E-state index is 13.5. The Morgan fingerprint density at radius 1 is 0.933 bits per heavy atom. The van der Waals surface area contributed by atoms with Crippen LogP contribution < -0.4 is 9.80 Å². The molecule has 0 bridgehead atoms. The van der Waals surface area contributed by atoms with E-state index in [1.807, 2.05) is 0 Å². The van der Waals surface area contributed by atoms with E-state index in [1.165, 1.54) is 23.9 Å². The van der Waals surface area contributed by atoms with E-state index in [0.717, 1.165) is 0 Å². The van der Waals surface area contributed by atoms with E-state index in [2.05, 4.69) is 0 Å². The molecule has 2 rings (SSSR count). The number of halogens is 3. The normalized spacial score (nSPS) is 11.8. The Morgan fingerprint density at radius 3 is 1.63 bits per heavy atom. The van der Waals surface area contributed by atoms with Crippen molar-refractivity contribution in [1.29, 1.82) is 0 Å². The smallest absolute Gasteiger partial charge is 0.471 e. The number of hydrogen-bond acceptors (Lipinski definition) is 5. The molecule has 1 unspecified atom stereocenters. The van der Waals surface area contributed by atoms with Crippen molar-refractivity contribution in [2.45, 2.75) is 11.7 Å². The monoisotopic (exact) mass is 458 g/mol. The minimum atomic E-state index is -5.29. The summed E-state index contributed by atoms with van der Waals surface area (Å²) in [5.74, 6) is -3.87. The zero-order valence-corrected chi connectivity index (χ0v) is 17.9. The molecule has 2 aromatic carbocycles. The molecular weight excluding hydrogens is 438 g/mol. The minimum Gasteiger partial charge on any atom is -0.480 e. The van der Waals surface area contributed by atoms with Gasteiger partial charge in [-0.2, -0.15) is 13.2 Å². The Kier molecular flexibility index (Phi) is 7.39. The van der Waals surface area contributed by atoms with Crippen molar-refractivity contribution in [2.75, 3.05) is 30.4 Å². The molecular formula is C19H20F3N3O3PS+. The fraction of sp³-hybridized carbons (Fsp3) is 0.263. The highest BCUT2D eigenvalue weighted by Gasteiger charge is 2.59. The lowest BCUT2D eigenvalue weighted by Gasteiger charge is -2.46. The van der Waals surface area contributed by atoms with Gasteiger partial charge >= 0.3 is 23.6 Å². The third-order valence-corrected chi connectivity index (χ3v) is 6.55. The predicted molar refractivity (Wildman–Crippen MR) is 114 cm³/mol. The molecule has 0 saturated carbocycles. The second kappa shape index (κ2) is 9.40. The Labute approximate surface area is 178 Å². The molecule has 2 aromatic rings. The van der Waals surface area contributed by atoms with Gasteiger partial charge in [-0.1, -0.05) is 36.4 Å². The number of carboxylic acid groups (broad SMARTS) is 1. The molecule has 1 amide bonds. The van der Waals surface area contributed by atoms with Crippen LogP contribution in [0.2, 0.25) is 0 Å². The summed E-state index contributed by atoms with van der Waals surface area (Å²) in [6.45, 7) is -1.18. The predicted octanol–water partition coefficient (Wildman–Crippen LogP) is 3.49. The fourth-order valence-corrected chi connectivity index (χ4v) is 5.03. The van der Waals surface area contributed by atoms with Crippen LogP contribution in [0.15, 0.2) is 60.7 Å². The largest absolute Gasteiger partial charge is 0.480 e. The van der Waals surface area contributed by atoms with Crippen molar-refractivity contribution in [3.8, 4) is 0 Å². The summed E-state index contributed by atoms with van der Waals surface area (Å²) < 4.78 is 40.5. The van der Waals surface area contributed by atoms with Crippen LogP contribution in [0.3, 0.4) is 0 Å². The average molecular weight is 458 g/mol. The van der Waals surface area contributed by atoms with E-state index in [1.54, 1.807) is 60.7 Å². The van der Waals surface area contributed by atoms with E-state index in [9.17, 15) is 27.9 Å². The second-order valence-electron chi connectivity index (χ2n) is 6.31. The molecule has 0 fully saturated rings. The summed E-state index contributed by atoms with van der Waals surface area (Å²) >= 11 is 5.30. The van der Waals surface area contributed by atoms with Crippen LogP contribution in [-0.2, 0) is 21.4 Å². The lowest BCUT2D eigenvalue weighted by atomic mass is 10.2. The minimum absolute atomic E-state index is 0.279. The summed E-state index contributed by atoms with van der Waals surface area (Å²) in [5.41, 5.74) is -0.991. The van der Waals surface area contributed by atoms with Gasteiger partial charge in [-0.15, -0.1) is 0 Å². The standard InChI is InChI=1S/C19H19F3N3O3PS/c1-23(14-9-5-3-6-10-14)19(29-30,24(2)15-11-7-4-8-12-15)25(13-16(26)27)17(28)18(20,21)22/h3-12H,13H2,1-2H3,(H,26,27)/p+1. The number of amides is 1. The molecule has 0 spiro atoms. The van der Waals surface area contributed by atoms with Gasteiger partial charge in [0.25, 0.3) is 0 Å². The van der Waals surface area contributed by atoms with Crippen LogP contribution >= 0.6 is 7.36 Å². The number of alkyl halides is 3. The molecule has 160 valence electrons. The number of carboxylic acids is 1. The Bertz CT molecular complexity index is 855. The first-order valence-corrected chi connectivity index (χ1v) is 10.8. The quantitative estimate of drug-likeness (QED) is 0.483. The first-order chi connectivity index (χ1) is 14.1. The van der Waals surface area contributed by atoms with Gasteiger partial charge in [0.2, 0.25) is 7.36 Å². The van der Waals surface area contributed by atoms with Gasteiger partial charge in [-0.25, -0.2) is 4.90 Å². The third-order valence-electron chi connectivity index (χ3n) is 4.52. The van der Waals surface area contributed by atoms with Crippen molar-refractivity contribution < 1.29 is 27.9 Å². The van der Waals surface area contributed by atoms with E-state index in [-0.39, 0.29) is 4.90 Å². The highest BCUT2D eigenvalue weighted by atomic mass is 32.4. The van der Waals surface area contributed by atoms with E-state index in [0.29, 0.717) is 11.4 Å². The number of benzene rings is 2. The molecule has 11 heteroatoms. The lowest BCUT2D eigenvalue weighted by molar-refractivity contribution is -0.190. The highest BCUT2D eigenvalue weighted by molar-refractivity contribution is 7.97. The summed E-state index contributed by atoms with van der Waals surface area (Å²) in [6, 6.07) is 16.7. The number of nitrogens with zero attached hydrogens (tertiary/aromatic N) is 3. The summed E-state index contributed by atoms with van der Waals surface area (Å²) in [7, 11) is 2.22. The first-order valence-electron chi connectivity index (χ1n) is 8.63. The fourth-order valence-electron chi connectivity index (χ4n) is 3.05. The molecule has 1 atom stereocenters. The second-order valence-corrected chi connectivity index (χ2v) is 7.80. The molecule has 0 heterocycles. The third kappa shape index (κ3) is 4.71. The molecule has 0 aromatic heterocycles. The molecule has 0 aliphatic carbocycles. The summed E-state index contributed by atoms with van der Waals surface area (Å²) in [4.78, 5) is 27.0. The molecule has 0 radical (unpaired) electrons. The maximum Gasteiger partial charge on any atom is 0.471 e. The lowest BCUT2D eigenvalue weighted by Crippen LogP contribution is -2.69. The van der Waals surface area contributed by atoms with Crippen molar-refractivity contribution in [1.82, 2.24) is 4.90 Å². The number of carbonyl (C=O) groups is 2. The van der Waals surface area contributed by atoms with Crippen molar-refractivity contribution in [3.63, 3.8) is 0 Å². The van der Waals surface area contributed by atoms with Crippen molar-refractivity contribution in [3.05, 3.63) is 60.7 Å². The van der Waals surface area contributed by atoms with Crippen LogP contribution in [0.4, 0.5) is 24.5 Å². The number of anilines is 2. The Balaban J connectivity index is 2.78. The SMILES string of the molecule is CN(c1ccccc1)C([PH+]=S)(N(CC(=O)O)C(=O)C(F)(F)F)N(C)c1ccccc1. The van der Waals surface area contributed by atoms with Gasteiger partial charge in [0, 0.05) is 25.5 Å². The first kappa shape index (κ1) is 23.6. The maximum absolute atomic E-state index is 13.5. The number of carbonyl (C=O) groups excluding carboxylic acids is 1. The highest BCUT2D eigenvalue weighted by Crippen LogP contribution is 2.41. The molecule has 0 saturated heterocycles. The summed E-state index contributed by atoms with van der Waals surface area (Å²) in [6.07, 6.45) is -5.29. The topological polar surface area (TPSA) is 64.1 Å². The number of aliphatic carboxylic acids is 1. The Morgan fingerprint density at radius 2 is 1.33 bits per heavy atom. The van der Waals surface area contributed by atoms with Crippen molar-refractivity contribution >= 4 is 42.4 Å². The molecule has 1 N–H and O–H groups in total. The molecule has 0 aliphatic rings. The van der Waals surface area contributed by atoms with Crippen LogP contribution in [0, 0.1) is 0 Å². The van der Waals surface area contributed by atoms with Crippen LogP contribution in [-0.4, -0.2) is 54.2 Å². The Hall–Kier alpha value is -2.71. The van der Waals surface area contributed by atoms with E-state index < -0.39 is 37.5 Å². The zero-order chi connectivity index (χ0) is 22.5. The van der Waals surface area contributed by atoms with Gasteiger partial charge in [0.05, 0.1) is 0 Å². The number of rotatable bonds is 8. The van der Waals surface area contributed by atoms with Crippen LogP contribution in [0.25, 0.3) is 0 Å². The average Bonchev–Trinajstić information content (AvgIpc) is 2.73. The van der Waals surface area contributed by atoms with E-state index in [4.69, 9.17) is 11.8 Å². The van der Waals surface area contributed by atoms with E-state index >= 15 is 0 Å². The van der Waals surface area contributed by atoms with Gasteiger partial charge < -0.3 is 5.11 Å². The van der Waals surface area contributed by atoms with Crippen LogP contribution in [0.1, 0.15) is 0 Å². The summed E-state index contributed by atoms with van der Waals surface area (Å²) in [5, 5.41) is 9.33. The van der Waals surface area contributed by atoms with Crippen molar-refractivity contribution in [2.24, 2.45) is 0 Å².